The van der Waals surface area contributed by atoms with Crippen LogP contribution in [0.3, 0.4) is 0 Å². The van der Waals surface area contributed by atoms with Gasteiger partial charge >= 0.3 is 6.01 Å². The van der Waals surface area contributed by atoms with Crippen molar-refractivity contribution in [2.24, 2.45) is 0 Å². The van der Waals surface area contributed by atoms with Gasteiger partial charge in [0.1, 0.15) is 0 Å². The molecule has 0 aliphatic heterocycles. The SMILES string of the molecule is Cc1cc(Nc2nc(N)nc(OC(C)C)n2)cc(C)c1Br. The Morgan fingerprint density at radius 1 is 1.14 bits per heavy atom. The maximum absolute atomic E-state index is 5.68. The Labute approximate surface area is 132 Å². The maximum atomic E-state index is 5.68. The molecule has 112 valence electrons. The van der Waals surface area contributed by atoms with E-state index in [-0.39, 0.29) is 18.1 Å². The quantitative estimate of drug-likeness (QED) is 0.878. The van der Waals surface area contributed by atoms with Crippen molar-refractivity contribution >= 4 is 33.5 Å². The second-order valence-corrected chi connectivity index (χ2v) is 5.81. The zero-order valence-electron chi connectivity index (χ0n) is 12.4. The van der Waals surface area contributed by atoms with Gasteiger partial charge in [0.2, 0.25) is 11.9 Å². The van der Waals surface area contributed by atoms with Crippen LogP contribution in [-0.2, 0) is 0 Å². The highest BCUT2D eigenvalue weighted by molar-refractivity contribution is 9.10. The van der Waals surface area contributed by atoms with Crippen LogP contribution in [0, 0.1) is 13.8 Å². The van der Waals surface area contributed by atoms with Crippen molar-refractivity contribution in [2.75, 3.05) is 11.1 Å². The summed E-state index contributed by atoms with van der Waals surface area (Å²) < 4.78 is 6.54. The van der Waals surface area contributed by atoms with Crippen LogP contribution in [0.1, 0.15) is 25.0 Å². The molecule has 0 bridgehead atoms. The van der Waals surface area contributed by atoms with Crippen molar-refractivity contribution in [3.8, 4) is 6.01 Å². The average Bonchev–Trinajstić information content (AvgIpc) is 2.34. The van der Waals surface area contributed by atoms with Crippen molar-refractivity contribution in [3.05, 3.63) is 27.7 Å². The molecule has 6 nitrogen and oxygen atoms in total. The second-order valence-electron chi connectivity index (χ2n) is 5.02. The standard InChI is InChI=1S/C14H18BrN5O/c1-7(2)21-14-19-12(16)18-13(20-14)17-10-5-8(3)11(15)9(4)6-10/h5-7H,1-4H3,(H3,16,17,18,19,20). The molecule has 1 aromatic carbocycles. The maximum Gasteiger partial charge on any atom is 0.323 e. The molecule has 0 radical (unpaired) electrons. The molecule has 0 amide bonds. The van der Waals surface area contributed by atoms with Crippen molar-refractivity contribution < 1.29 is 4.74 Å². The molecule has 1 heterocycles. The molecular formula is C14H18BrN5O. The van der Waals surface area contributed by atoms with Crippen molar-refractivity contribution in [3.63, 3.8) is 0 Å². The number of hydrogen-bond donors (Lipinski definition) is 2. The van der Waals surface area contributed by atoms with Gasteiger partial charge in [0, 0.05) is 10.2 Å². The highest BCUT2D eigenvalue weighted by Gasteiger charge is 2.09. The number of benzene rings is 1. The molecule has 3 N–H and O–H groups in total. The first-order chi connectivity index (χ1) is 9.85. The molecule has 0 aliphatic rings. The number of halogens is 1. The van der Waals surface area contributed by atoms with E-state index in [1.54, 1.807) is 0 Å². The predicted molar refractivity (Wildman–Crippen MR) is 86.9 cm³/mol. The van der Waals surface area contributed by atoms with Crippen LogP contribution >= 0.6 is 15.9 Å². The fourth-order valence-corrected chi connectivity index (χ4v) is 2.07. The molecule has 0 atom stereocenters. The van der Waals surface area contributed by atoms with Crippen LogP contribution in [0.2, 0.25) is 0 Å². The highest BCUT2D eigenvalue weighted by Crippen LogP contribution is 2.26. The number of anilines is 3. The number of ether oxygens (including phenoxy) is 1. The minimum atomic E-state index is -0.0307. The smallest absolute Gasteiger partial charge is 0.323 e. The van der Waals surface area contributed by atoms with Crippen LogP contribution in [0.25, 0.3) is 0 Å². The highest BCUT2D eigenvalue weighted by atomic mass is 79.9. The molecule has 2 aromatic rings. The molecule has 0 saturated carbocycles. The fourth-order valence-electron chi connectivity index (χ4n) is 1.84. The molecule has 7 heteroatoms. The molecular weight excluding hydrogens is 334 g/mol. The molecule has 2 rings (SSSR count). The minimum absolute atomic E-state index is 0.0307. The van der Waals surface area contributed by atoms with Crippen molar-refractivity contribution in [1.82, 2.24) is 15.0 Å². The number of rotatable bonds is 4. The Bertz CT molecular complexity index is 637. The van der Waals surface area contributed by atoms with Crippen LogP contribution in [0.15, 0.2) is 16.6 Å². The number of nitrogens with zero attached hydrogens (tertiary/aromatic N) is 3. The Morgan fingerprint density at radius 2 is 1.76 bits per heavy atom. The molecule has 1 aromatic heterocycles. The lowest BCUT2D eigenvalue weighted by Gasteiger charge is -2.11. The molecule has 0 spiro atoms. The molecule has 0 saturated heterocycles. The minimum Gasteiger partial charge on any atom is -0.461 e. The fraction of sp³-hybridized carbons (Fsp3) is 0.357. The largest absolute Gasteiger partial charge is 0.461 e. The van der Waals surface area contributed by atoms with Gasteiger partial charge in [0.25, 0.3) is 0 Å². The molecule has 21 heavy (non-hydrogen) atoms. The van der Waals surface area contributed by atoms with Crippen molar-refractivity contribution in [2.45, 2.75) is 33.8 Å². The Kier molecular flexibility index (Phi) is 4.62. The van der Waals surface area contributed by atoms with E-state index in [2.05, 4.69) is 36.2 Å². The van der Waals surface area contributed by atoms with E-state index in [4.69, 9.17) is 10.5 Å². The normalized spacial score (nSPS) is 10.8. The molecule has 0 fully saturated rings. The number of nitrogen functional groups attached to an aromatic ring is 1. The van der Waals surface area contributed by atoms with E-state index in [1.807, 2.05) is 39.8 Å². The number of nitrogens with two attached hydrogens (primary N) is 1. The summed E-state index contributed by atoms with van der Waals surface area (Å²) in [5.41, 5.74) is 8.81. The average molecular weight is 352 g/mol. The summed E-state index contributed by atoms with van der Waals surface area (Å²) in [5, 5.41) is 3.12. The number of aromatic nitrogens is 3. The summed E-state index contributed by atoms with van der Waals surface area (Å²) in [5.74, 6) is 0.480. The predicted octanol–water partition coefficient (Wildman–Crippen LogP) is 3.36. The summed E-state index contributed by atoms with van der Waals surface area (Å²) >= 11 is 3.54. The third-order valence-corrected chi connectivity index (χ3v) is 3.92. The number of nitrogens with one attached hydrogen (secondary N) is 1. The first kappa shape index (κ1) is 15.5. The van der Waals surface area contributed by atoms with Crippen LogP contribution in [0.4, 0.5) is 17.6 Å². The van der Waals surface area contributed by atoms with Gasteiger partial charge in [0.05, 0.1) is 6.10 Å². The van der Waals surface area contributed by atoms with Gasteiger partial charge in [-0.05, 0) is 51.0 Å². The van der Waals surface area contributed by atoms with Crippen LogP contribution < -0.4 is 15.8 Å². The zero-order valence-corrected chi connectivity index (χ0v) is 14.0. The Balaban J connectivity index is 2.29. The second kappa shape index (κ2) is 6.26. The van der Waals surface area contributed by atoms with E-state index in [1.165, 1.54) is 0 Å². The lowest BCUT2D eigenvalue weighted by atomic mass is 10.1. The van der Waals surface area contributed by atoms with Crippen LogP contribution in [-0.4, -0.2) is 21.1 Å². The molecule has 0 unspecified atom stereocenters. The third kappa shape index (κ3) is 4.04. The van der Waals surface area contributed by atoms with Crippen LogP contribution in [0.5, 0.6) is 6.01 Å². The topological polar surface area (TPSA) is 86.0 Å². The van der Waals surface area contributed by atoms with E-state index in [0.29, 0.717) is 5.95 Å². The van der Waals surface area contributed by atoms with Gasteiger partial charge in [-0.15, -0.1) is 0 Å². The zero-order chi connectivity index (χ0) is 15.6. The summed E-state index contributed by atoms with van der Waals surface area (Å²) in [6.45, 7) is 7.84. The van der Waals surface area contributed by atoms with E-state index < -0.39 is 0 Å². The molecule has 0 aliphatic carbocycles. The number of aryl methyl sites for hydroxylation is 2. The first-order valence-electron chi connectivity index (χ1n) is 6.57. The summed E-state index contributed by atoms with van der Waals surface area (Å²) in [6, 6.07) is 4.21. The van der Waals surface area contributed by atoms with Gasteiger partial charge in [-0.3, -0.25) is 0 Å². The Hall–Kier alpha value is -1.89. The van der Waals surface area contributed by atoms with Gasteiger partial charge < -0.3 is 15.8 Å². The van der Waals surface area contributed by atoms with E-state index >= 15 is 0 Å². The van der Waals surface area contributed by atoms with E-state index in [0.717, 1.165) is 21.3 Å². The van der Waals surface area contributed by atoms with Crippen molar-refractivity contribution in [1.29, 1.82) is 0 Å². The van der Waals surface area contributed by atoms with Gasteiger partial charge in [-0.25, -0.2) is 0 Å². The summed E-state index contributed by atoms with van der Waals surface area (Å²) in [4.78, 5) is 12.2. The first-order valence-corrected chi connectivity index (χ1v) is 7.36. The lowest BCUT2D eigenvalue weighted by Crippen LogP contribution is -2.11. The lowest BCUT2D eigenvalue weighted by molar-refractivity contribution is 0.222. The monoisotopic (exact) mass is 351 g/mol. The number of hydrogen-bond acceptors (Lipinski definition) is 6. The Morgan fingerprint density at radius 3 is 2.33 bits per heavy atom. The van der Waals surface area contributed by atoms with Gasteiger partial charge in [-0.2, -0.15) is 15.0 Å². The summed E-state index contributed by atoms with van der Waals surface area (Å²) in [6.07, 6.45) is -0.0307. The summed E-state index contributed by atoms with van der Waals surface area (Å²) in [7, 11) is 0. The third-order valence-electron chi connectivity index (χ3n) is 2.67. The van der Waals surface area contributed by atoms with E-state index in [9.17, 15) is 0 Å². The van der Waals surface area contributed by atoms with Gasteiger partial charge in [0.15, 0.2) is 0 Å². The van der Waals surface area contributed by atoms with Gasteiger partial charge in [-0.1, -0.05) is 15.9 Å².